The van der Waals surface area contributed by atoms with Crippen LogP contribution < -0.4 is 5.32 Å². The molecule has 1 aromatic rings. The van der Waals surface area contributed by atoms with Gasteiger partial charge in [-0.2, -0.15) is 0 Å². The number of rotatable bonds is 6. The molecular weight excluding hydrogens is 272 g/mol. The Morgan fingerprint density at radius 3 is 2.38 bits per heavy atom. The van der Waals surface area contributed by atoms with Crippen LogP contribution in [0.4, 0.5) is 11.4 Å². The van der Waals surface area contributed by atoms with Crippen LogP contribution in [0.15, 0.2) is 24.3 Å². The highest BCUT2D eigenvalue weighted by Gasteiger charge is 2.34. The van der Waals surface area contributed by atoms with E-state index in [0.717, 1.165) is 31.4 Å². The fourth-order valence-electron chi connectivity index (χ4n) is 3.03. The van der Waals surface area contributed by atoms with E-state index >= 15 is 0 Å². The molecule has 2 rings (SSSR count). The van der Waals surface area contributed by atoms with Crippen LogP contribution in [0.2, 0.25) is 0 Å². The van der Waals surface area contributed by atoms with Gasteiger partial charge < -0.3 is 10.4 Å². The van der Waals surface area contributed by atoms with Gasteiger partial charge in [0.25, 0.3) is 5.69 Å². The van der Waals surface area contributed by atoms with Gasteiger partial charge in [0, 0.05) is 24.4 Å². The second kappa shape index (κ2) is 6.56. The van der Waals surface area contributed by atoms with E-state index < -0.39 is 10.9 Å². The molecule has 0 spiro atoms. The van der Waals surface area contributed by atoms with Gasteiger partial charge in [0.1, 0.15) is 0 Å². The summed E-state index contributed by atoms with van der Waals surface area (Å²) in [7, 11) is 0. The SMILES string of the molecule is O=C(O)CC1(CNc2ccc([N+](=O)[O-])cc2)CCCCC1. The van der Waals surface area contributed by atoms with Gasteiger partial charge in [-0.15, -0.1) is 0 Å². The van der Waals surface area contributed by atoms with E-state index in [2.05, 4.69) is 5.32 Å². The minimum Gasteiger partial charge on any atom is -0.481 e. The van der Waals surface area contributed by atoms with Crippen molar-refractivity contribution in [2.75, 3.05) is 11.9 Å². The van der Waals surface area contributed by atoms with Crippen LogP contribution in [-0.4, -0.2) is 22.5 Å². The summed E-state index contributed by atoms with van der Waals surface area (Å²) in [5, 5.41) is 23.0. The normalized spacial score (nSPS) is 17.1. The van der Waals surface area contributed by atoms with Gasteiger partial charge in [0.15, 0.2) is 0 Å². The van der Waals surface area contributed by atoms with Gasteiger partial charge in [0.2, 0.25) is 0 Å². The Bertz CT molecular complexity index is 507. The second-order valence-electron chi connectivity index (χ2n) is 5.79. The zero-order valence-electron chi connectivity index (χ0n) is 11.9. The Hall–Kier alpha value is -2.11. The van der Waals surface area contributed by atoms with E-state index in [-0.39, 0.29) is 17.5 Å². The zero-order chi connectivity index (χ0) is 15.3. The summed E-state index contributed by atoms with van der Waals surface area (Å²) >= 11 is 0. The highest BCUT2D eigenvalue weighted by molar-refractivity contribution is 5.68. The maximum Gasteiger partial charge on any atom is 0.303 e. The number of nitro groups is 1. The molecular formula is C15H20N2O4. The molecule has 0 bridgehead atoms. The van der Waals surface area contributed by atoms with E-state index in [1.54, 1.807) is 12.1 Å². The third-order valence-electron chi connectivity index (χ3n) is 4.19. The van der Waals surface area contributed by atoms with E-state index in [1.165, 1.54) is 18.6 Å². The molecule has 6 nitrogen and oxygen atoms in total. The molecule has 6 heteroatoms. The first-order chi connectivity index (χ1) is 10.0. The van der Waals surface area contributed by atoms with Crippen molar-refractivity contribution < 1.29 is 14.8 Å². The van der Waals surface area contributed by atoms with Crippen LogP contribution in [0.25, 0.3) is 0 Å². The van der Waals surface area contributed by atoms with Crippen LogP contribution in [0.3, 0.4) is 0 Å². The Labute approximate surface area is 123 Å². The fourth-order valence-corrected chi connectivity index (χ4v) is 3.03. The molecule has 1 aromatic carbocycles. The minimum absolute atomic E-state index is 0.0541. The first kappa shape index (κ1) is 15.3. The number of carboxylic acid groups (broad SMARTS) is 1. The van der Waals surface area contributed by atoms with Gasteiger partial charge in [-0.05, 0) is 30.4 Å². The Morgan fingerprint density at radius 1 is 1.24 bits per heavy atom. The zero-order valence-corrected chi connectivity index (χ0v) is 11.9. The van der Waals surface area contributed by atoms with Crippen molar-refractivity contribution in [1.82, 2.24) is 0 Å². The first-order valence-electron chi connectivity index (χ1n) is 7.21. The Kier molecular flexibility index (Phi) is 4.77. The molecule has 0 atom stereocenters. The smallest absolute Gasteiger partial charge is 0.303 e. The summed E-state index contributed by atoms with van der Waals surface area (Å²) in [6, 6.07) is 6.23. The van der Waals surface area contributed by atoms with Crippen molar-refractivity contribution in [2.24, 2.45) is 5.41 Å². The van der Waals surface area contributed by atoms with Gasteiger partial charge in [-0.1, -0.05) is 19.3 Å². The lowest BCUT2D eigenvalue weighted by molar-refractivity contribution is -0.384. The number of nitrogens with one attached hydrogen (secondary N) is 1. The van der Waals surface area contributed by atoms with Crippen LogP contribution in [-0.2, 0) is 4.79 Å². The van der Waals surface area contributed by atoms with Crippen LogP contribution in [0.5, 0.6) is 0 Å². The summed E-state index contributed by atoms with van der Waals surface area (Å²) in [4.78, 5) is 21.3. The molecule has 1 fully saturated rings. The lowest BCUT2D eigenvalue weighted by atomic mass is 9.71. The van der Waals surface area contributed by atoms with Crippen LogP contribution in [0, 0.1) is 15.5 Å². The van der Waals surface area contributed by atoms with Crippen LogP contribution in [0.1, 0.15) is 38.5 Å². The maximum atomic E-state index is 11.1. The molecule has 0 heterocycles. The number of aliphatic carboxylic acids is 1. The molecule has 1 aliphatic rings. The molecule has 0 amide bonds. The monoisotopic (exact) mass is 292 g/mol. The van der Waals surface area contributed by atoms with Crippen molar-refractivity contribution in [1.29, 1.82) is 0 Å². The summed E-state index contributed by atoms with van der Waals surface area (Å²) in [6.07, 6.45) is 5.30. The molecule has 0 unspecified atom stereocenters. The van der Waals surface area contributed by atoms with Crippen molar-refractivity contribution in [2.45, 2.75) is 38.5 Å². The number of anilines is 1. The maximum absolute atomic E-state index is 11.1. The highest BCUT2D eigenvalue weighted by atomic mass is 16.6. The molecule has 2 N–H and O–H groups in total. The topological polar surface area (TPSA) is 92.5 Å². The summed E-state index contributed by atoms with van der Waals surface area (Å²) in [5.41, 5.74) is 0.640. The summed E-state index contributed by atoms with van der Waals surface area (Å²) in [5.74, 6) is -0.762. The molecule has 0 aliphatic heterocycles. The fraction of sp³-hybridized carbons (Fsp3) is 0.533. The summed E-state index contributed by atoms with van der Waals surface area (Å²) in [6.45, 7) is 0.594. The highest BCUT2D eigenvalue weighted by Crippen LogP contribution is 2.39. The summed E-state index contributed by atoms with van der Waals surface area (Å²) < 4.78 is 0. The third kappa shape index (κ3) is 4.18. The van der Waals surface area contributed by atoms with E-state index in [4.69, 9.17) is 5.11 Å². The number of nitrogens with zero attached hydrogens (tertiary/aromatic N) is 1. The van der Waals surface area contributed by atoms with E-state index in [0.29, 0.717) is 6.54 Å². The Balaban J connectivity index is 2.00. The lowest BCUT2D eigenvalue weighted by Crippen LogP contribution is -2.34. The quantitative estimate of drug-likeness (QED) is 0.619. The lowest BCUT2D eigenvalue weighted by Gasteiger charge is -2.36. The molecule has 0 radical (unpaired) electrons. The van der Waals surface area contributed by atoms with Crippen molar-refractivity contribution in [3.63, 3.8) is 0 Å². The number of benzene rings is 1. The number of carboxylic acids is 1. The molecule has 0 saturated heterocycles. The number of hydrogen-bond acceptors (Lipinski definition) is 4. The molecule has 0 aromatic heterocycles. The minimum atomic E-state index is -0.762. The first-order valence-corrected chi connectivity index (χ1v) is 7.21. The van der Waals surface area contributed by atoms with Gasteiger partial charge in [-0.25, -0.2) is 0 Å². The third-order valence-corrected chi connectivity index (χ3v) is 4.19. The van der Waals surface area contributed by atoms with Crippen molar-refractivity contribution >= 4 is 17.3 Å². The molecule has 1 saturated carbocycles. The Morgan fingerprint density at radius 2 is 1.86 bits per heavy atom. The number of carbonyl (C=O) groups is 1. The van der Waals surface area contributed by atoms with Gasteiger partial charge in [0.05, 0.1) is 11.3 Å². The number of non-ortho nitro benzene ring substituents is 1. The van der Waals surface area contributed by atoms with Gasteiger partial charge >= 0.3 is 5.97 Å². The molecule has 21 heavy (non-hydrogen) atoms. The standard InChI is InChI=1S/C15H20N2O4/c18-14(19)10-15(8-2-1-3-9-15)11-16-12-4-6-13(7-5-12)17(20)21/h4-7,16H,1-3,8-11H2,(H,18,19). The van der Waals surface area contributed by atoms with E-state index in [1.807, 2.05) is 0 Å². The average Bonchev–Trinajstić information content (AvgIpc) is 2.46. The second-order valence-corrected chi connectivity index (χ2v) is 5.79. The average molecular weight is 292 g/mol. The van der Waals surface area contributed by atoms with Crippen molar-refractivity contribution in [3.05, 3.63) is 34.4 Å². The number of hydrogen-bond donors (Lipinski definition) is 2. The van der Waals surface area contributed by atoms with E-state index in [9.17, 15) is 14.9 Å². The predicted octanol–water partition coefficient (Wildman–Crippen LogP) is 3.43. The number of nitro benzene ring substituents is 1. The largest absolute Gasteiger partial charge is 0.481 e. The van der Waals surface area contributed by atoms with Gasteiger partial charge in [-0.3, -0.25) is 14.9 Å². The molecule has 114 valence electrons. The predicted molar refractivity (Wildman–Crippen MR) is 79.4 cm³/mol. The van der Waals surface area contributed by atoms with Crippen LogP contribution >= 0.6 is 0 Å². The molecule has 1 aliphatic carbocycles. The van der Waals surface area contributed by atoms with Crippen molar-refractivity contribution in [3.8, 4) is 0 Å².